The number of esters is 1. The predicted molar refractivity (Wildman–Crippen MR) is 96.9 cm³/mol. The fourth-order valence-corrected chi connectivity index (χ4v) is 3.27. The molecule has 6 heteroatoms. The van der Waals surface area contributed by atoms with Gasteiger partial charge in [0.05, 0.1) is 5.92 Å². The number of carbonyl (C=O) groups excluding carboxylic acids is 2. The molecule has 1 atom stereocenters. The number of benzene rings is 2. The van der Waals surface area contributed by atoms with E-state index in [1.165, 1.54) is 24.3 Å². The monoisotopic (exact) mass is 375 g/mol. The van der Waals surface area contributed by atoms with Crippen molar-refractivity contribution >= 4 is 23.5 Å². The predicted octanol–water partition coefficient (Wildman–Crippen LogP) is 4.25. The molecule has 1 aliphatic rings. The normalized spacial score (nSPS) is 17.0. The molecular weight excluding hydrogens is 357 g/mol. The van der Waals surface area contributed by atoms with Crippen LogP contribution in [0.2, 0.25) is 5.02 Å². The van der Waals surface area contributed by atoms with Gasteiger partial charge in [-0.1, -0.05) is 11.6 Å². The zero-order valence-electron chi connectivity index (χ0n) is 14.4. The fourth-order valence-electron chi connectivity index (χ4n) is 3.05. The first-order valence-corrected chi connectivity index (χ1v) is 8.84. The van der Waals surface area contributed by atoms with Gasteiger partial charge in [-0.2, -0.15) is 0 Å². The number of ether oxygens (including phenoxy) is 1. The third-order valence-corrected chi connectivity index (χ3v) is 4.72. The molecule has 1 fully saturated rings. The lowest BCUT2D eigenvalue weighted by Crippen LogP contribution is -2.43. The van der Waals surface area contributed by atoms with E-state index < -0.39 is 0 Å². The minimum absolute atomic E-state index is 0.204. The average Bonchev–Trinajstić information content (AvgIpc) is 2.64. The number of hydrogen-bond donors (Lipinski definition) is 0. The number of hydrogen-bond acceptors (Lipinski definition) is 3. The molecule has 0 aliphatic carbocycles. The Balaban J connectivity index is 1.66. The van der Waals surface area contributed by atoms with Crippen molar-refractivity contribution in [3.05, 3.63) is 64.4 Å². The molecule has 0 spiro atoms. The first-order chi connectivity index (χ1) is 12.4. The maximum atomic E-state index is 13.0. The highest BCUT2D eigenvalue weighted by Crippen LogP contribution is 2.25. The van der Waals surface area contributed by atoms with Gasteiger partial charge in [0.1, 0.15) is 11.6 Å². The quantitative estimate of drug-likeness (QED) is 0.595. The van der Waals surface area contributed by atoms with Crippen molar-refractivity contribution in [2.45, 2.75) is 19.8 Å². The van der Waals surface area contributed by atoms with Crippen LogP contribution in [0.25, 0.3) is 0 Å². The van der Waals surface area contributed by atoms with Gasteiger partial charge in [0.2, 0.25) is 0 Å². The zero-order valence-corrected chi connectivity index (χ0v) is 15.1. The molecule has 2 aromatic rings. The first-order valence-electron chi connectivity index (χ1n) is 8.47. The topological polar surface area (TPSA) is 46.6 Å². The molecule has 26 heavy (non-hydrogen) atoms. The molecule has 3 rings (SSSR count). The number of nitrogens with zero attached hydrogens (tertiary/aromatic N) is 1. The van der Waals surface area contributed by atoms with Crippen LogP contribution < -0.4 is 4.74 Å². The molecular formula is C20H19ClFNO3. The van der Waals surface area contributed by atoms with Crippen molar-refractivity contribution in [1.29, 1.82) is 0 Å². The number of amides is 1. The Bertz CT molecular complexity index is 822. The van der Waals surface area contributed by atoms with Crippen molar-refractivity contribution in [2.24, 2.45) is 5.92 Å². The van der Waals surface area contributed by atoms with Gasteiger partial charge in [0, 0.05) is 23.7 Å². The van der Waals surface area contributed by atoms with Gasteiger partial charge in [-0.15, -0.1) is 0 Å². The van der Waals surface area contributed by atoms with Gasteiger partial charge >= 0.3 is 5.97 Å². The Morgan fingerprint density at radius 2 is 1.92 bits per heavy atom. The van der Waals surface area contributed by atoms with Crippen LogP contribution in [-0.2, 0) is 4.79 Å². The van der Waals surface area contributed by atoms with Crippen molar-refractivity contribution in [3.8, 4) is 5.75 Å². The summed E-state index contributed by atoms with van der Waals surface area (Å²) < 4.78 is 18.5. The average molecular weight is 376 g/mol. The van der Waals surface area contributed by atoms with Crippen LogP contribution in [0.5, 0.6) is 5.75 Å². The van der Waals surface area contributed by atoms with Crippen LogP contribution in [0.15, 0.2) is 42.5 Å². The number of piperidine rings is 1. The molecule has 1 amide bonds. The Kier molecular flexibility index (Phi) is 5.57. The number of carbonyl (C=O) groups is 2. The third-order valence-electron chi connectivity index (χ3n) is 4.48. The Labute approximate surface area is 156 Å². The SMILES string of the molecule is Cc1cc(Cl)ccc1OC(=O)C1CCCN(C(=O)c2ccc(F)cc2)C1. The van der Waals surface area contributed by atoms with E-state index >= 15 is 0 Å². The molecule has 1 unspecified atom stereocenters. The molecule has 1 saturated heterocycles. The molecule has 0 radical (unpaired) electrons. The second kappa shape index (κ2) is 7.87. The lowest BCUT2D eigenvalue weighted by Gasteiger charge is -2.31. The largest absolute Gasteiger partial charge is 0.426 e. The second-order valence-corrected chi connectivity index (χ2v) is 6.86. The minimum atomic E-state index is -0.389. The summed E-state index contributed by atoms with van der Waals surface area (Å²) in [5.74, 6) is -0.859. The number of aryl methyl sites for hydroxylation is 1. The summed E-state index contributed by atoms with van der Waals surface area (Å²) >= 11 is 5.92. The molecule has 0 saturated carbocycles. The highest BCUT2D eigenvalue weighted by Gasteiger charge is 2.30. The van der Waals surface area contributed by atoms with Gasteiger partial charge < -0.3 is 9.64 Å². The van der Waals surface area contributed by atoms with Crippen LogP contribution in [0.3, 0.4) is 0 Å². The van der Waals surface area contributed by atoms with Gasteiger partial charge in [0.15, 0.2) is 0 Å². The van der Waals surface area contributed by atoms with Gasteiger partial charge in [0.25, 0.3) is 5.91 Å². The van der Waals surface area contributed by atoms with Gasteiger partial charge in [-0.05, 0) is 67.8 Å². The molecule has 136 valence electrons. The fraction of sp³-hybridized carbons (Fsp3) is 0.300. The molecule has 4 nitrogen and oxygen atoms in total. The summed E-state index contributed by atoms with van der Waals surface area (Å²) in [6, 6.07) is 10.5. The molecule has 0 N–H and O–H groups in total. The Hall–Kier alpha value is -2.40. The lowest BCUT2D eigenvalue weighted by atomic mass is 9.97. The third kappa shape index (κ3) is 4.22. The van der Waals surface area contributed by atoms with E-state index in [2.05, 4.69) is 0 Å². The summed E-state index contributed by atoms with van der Waals surface area (Å²) in [5.41, 5.74) is 1.19. The smallest absolute Gasteiger partial charge is 0.316 e. The van der Waals surface area contributed by atoms with Gasteiger partial charge in [-0.3, -0.25) is 9.59 Å². The standard InChI is InChI=1S/C20H19ClFNO3/c1-13-11-16(21)6-9-18(13)26-20(25)15-3-2-10-23(12-15)19(24)14-4-7-17(22)8-5-14/h4-9,11,15H,2-3,10,12H2,1H3. The highest BCUT2D eigenvalue weighted by atomic mass is 35.5. The molecule has 0 bridgehead atoms. The summed E-state index contributed by atoms with van der Waals surface area (Å²) in [4.78, 5) is 26.7. The number of halogens is 2. The maximum Gasteiger partial charge on any atom is 0.316 e. The van der Waals surface area contributed by atoms with Crippen molar-refractivity contribution in [3.63, 3.8) is 0 Å². The van der Waals surface area contributed by atoms with E-state index in [4.69, 9.17) is 16.3 Å². The van der Waals surface area contributed by atoms with Crippen molar-refractivity contribution < 1.29 is 18.7 Å². The summed E-state index contributed by atoms with van der Waals surface area (Å²) in [6.07, 6.45) is 1.38. The van der Waals surface area contributed by atoms with Gasteiger partial charge in [-0.25, -0.2) is 4.39 Å². The summed E-state index contributed by atoms with van der Waals surface area (Å²) in [7, 11) is 0. The lowest BCUT2D eigenvalue weighted by molar-refractivity contribution is -0.140. The van der Waals surface area contributed by atoms with E-state index in [-0.39, 0.29) is 23.6 Å². The van der Waals surface area contributed by atoms with Crippen molar-refractivity contribution in [2.75, 3.05) is 13.1 Å². The van der Waals surface area contributed by atoms with E-state index in [0.717, 1.165) is 5.56 Å². The highest BCUT2D eigenvalue weighted by molar-refractivity contribution is 6.30. The van der Waals surface area contributed by atoms with Crippen LogP contribution in [-0.4, -0.2) is 29.9 Å². The zero-order chi connectivity index (χ0) is 18.7. The van der Waals surface area contributed by atoms with E-state index in [9.17, 15) is 14.0 Å². The van der Waals surface area contributed by atoms with Crippen LogP contribution in [0.1, 0.15) is 28.8 Å². The molecule has 1 heterocycles. The Morgan fingerprint density at radius 3 is 2.62 bits per heavy atom. The first kappa shape index (κ1) is 18.4. The molecule has 0 aromatic heterocycles. The molecule has 1 aliphatic heterocycles. The summed E-state index contributed by atoms with van der Waals surface area (Å²) in [5, 5.41) is 0.580. The Morgan fingerprint density at radius 1 is 1.19 bits per heavy atom. The molecule has 2 aromatic carbocycles. The minimum Gasteiger partial charge on any atom is -0.426 e. The second-order valence-electron chi connectivity index (χ2n) is 6.43. The van der Waals surface area contributed by atoms with Crippen molar-refractivity contribution in [1.82, 2.24) is 4.90 Å². The van der Waals surface area contributed by atoms with E-state index in [1.807, 2.05) is 6.92 Å². The van der Waals surface area contributed by atoms with Crippen LogP contribution >= 0.6 is 11.6 Å². The van der Waals surface area contributed by atoms with E-state index in [0.29, 0.717) is 42.3 Å². The van der Waals surface area contributed by atoms with E-state index in [1.54, 1.807) is 23.1 Å². The summed E-state index contributed by atoms with van der Waals surface area (Å²) in [6.45, 7) is 2.68. The number of rotatable bonds is 3. The number of likely N-dealkylation sites (tertiary alicyclic amines) is 1. The maximum absolute atomic E-state index is 13.0. The van der Waals surface area contributed by atoms with Crippen LogP contribution in [0, 0.1) is 18.7 Å². The van der Waals surface area contributed by atoms with Crippen LogP contribution in [0.4, 0.5) is 4.39 Å².